The van der Waals surface area contributed by atoms with Gasteiger partial charge in [-0.2, -0.15) is 0 Å². The first-order chi connectivity index (χ1) is 9.79. The third-order valence-electron chi connectivity index (χ3n) is 4.45. The van der Waals surface area contributed by atoms with Crippen molar-refractivity contribution >= 4 is 5.97 Å². The van der Waals surface area contributed by atoms with E-state index >= 15 is 0 Å². The topological polar surface area (TPSA) is 57.5 Å². The lowest BCUT2D eigenvalue weighted by Gasteiger charge is -2.27. The van der Waals surface area contributed by atoms with Crippen LogP contribution in [0.15, 0.2) is 12.1 Å². The van der Waals surface area contributed by atoms with Crippen LogP contribution >= 0.6 is 0 Å². The summed E-state index contributed by atoms with van der Waals surface area (Å²) in [6.07, 6.45) is -0.626. The van der Waals surface area contributed by atoms with Gasteiger partial charge in [0.2, 0.25) is 0 Å². The molecule has 1 aliphatic carbocycles. The van der Waals surface area contributed by atoms with Gasteiger partial charge in [-0.05, 0) is 30.4 Å². The van der Waals surface area contributed by atoms with Crippen molar-refractivity contribution in [3.63, 3.8) is 0 Å². The number of carboxylic acids is 1. The van der Waals surface area contributed by atoms with Crippen LogP contribution in [0.1, 0.15) is 68.6 Å². The van der Waals surface area contributed by atoms with Crippen molar-refractivity contribution in [1.29, 1.82) is 0 Å². The van der Waals surface area contributed by atoms with Gasteiger partial charge in [0.15, 0.2) is 0 Å². The molecule has 116 valence electrons. The molecule has 21 heavy (non-hydrogen) atoms. The average Bonchev–Trinajstić information content (AvgIpc) is 2.88. The summed E-state index contributed by atoms with van der Waals surface area (Å²) in [6.45, 7) is 3.71. The predicted octanol–water partition coefficient (Wildman–Crippen LogP) is 4.35. The zero-order chi connectivity index (χ0) is 15.8. The molecule has 1 aromatic carbocycles. The lowest BCUT2D eigenvalue weighted by molar-refractivity contribution is -0.143. The van der Waals surface area contributed by atoms with E-state index in [0.717, 1.165) is 12.8 Å². The molecule has 1 aliphatic rings. The van der Waals surface area contributed by atoms with Gasteiger partial charge < -0.3 is 10.2 Å². The Kier molecular flexibility index (Phi) is 4.21. The smallest absolute Gasteiger partial charge is 0.314 e. The number of carbonyl (C=O) groups is 1. The second kappa shape index (κ2) is 5.62. The average molecular weight is 298 g/mol. The van der Waals surface area contributed by atoms with Gasteiger partial charge in [0, 0.05) is 5.56 Å². The number of rotatable bonds is 4. The van der Waals surface area contributed by atoms with Gasteiger partial charge in [-0.15, -0.1) is 0 Å². The highest BCUT2D eigenvalue weighted by Gasteiger charge is 2.45. The van der Waals surface area contributed by atoms with E-state index in [1.807, 2.05) is 13.8 Å². The van der Waals surface area contributed by atoms with E-state index in [9.17, 15) is 23.8 Å². The highest BCUT2D eigenvalue weighted by molar-refractivity contribution is 5.83. The molecule has 1 fully saturated rings. The molecule has 3 nitrogen and oxygen atoms in total. The number of carboxylic acid groups (broad SMARTS) is 1. The third kappa shape index (κ3) is 2.61. The van der Waals surface area contributed by atoms with Gasteiger partial charge in [0.1, 0.15) is 5.75 Å². The van der Waals surface area contributed by atoms with Gasteiger partial charge in [-0.3, -0.25) is 4.79 Å². The molecule has 0 spiro atoms. The zero-order valence-corrected chi connectivity index (χ0v) is 12.2. The molecular formula is C16H20F2O3. The molecule has 0 radical (unpaired) electrons. The van der Waals surface area contributed by atoms with E-state index < -0.39 is 29.1 Å². The van der Waals surface area contributed by atoms with Crippen molar-refractivity contribution in [2.75, 3.05) is 0 Å². The predicted molar refractivity (Wildman–Crippen MR) is 74.9 cm³/mol. The summed E-state index contributed by atoms with van der Waals surface area (Å²) in [7, 11) is 0. The molecule has 2 N–H and O–H groups in total. The van der Waals surface area contributed by atoms with Crippen LogP contribution in [0.25, 0.3) is 0 Å². The summed E-state index contributed by atoms with van der Waals surface area (Å²) in [5.41, 5.74) is -0.929. The fourth-order valence-electron chi connectivity index (χ4n) is 3.12. The number of hydrogen-bond acceptors (Lipinski definition) is 2. The summed E-state index contributed by atoms with van der Waals surface area (Å²) in [5.74, 6) is -1.62. The lowest BCUT2D eigenvalue weighted by atomic mass is 9.76. The van der Waals surface area contributed by atoms with E-state index in [0.29, 0.717) is 18.4 Å². The van der Waals surface area contributed by atoms with Crippen LogP contribution in [0.5, 0.6) is 5.75 Å². The van der Waals surface area contributed by atoms with Crippen molar-refractivity contribution in [1.82, 2.24) is 0 Å². The largest absolute Gasteiger partial charge is 0.507 e. The van der Waals surface area contributed by atoms with Crippen LogP contribution in [-0.4, -0.2) is 16.2 Å². The molecule has 0 unspecified atom stereocenters. The molecule has 0 heterocycles. The maximum atomic E-state index is 13.2. The number of hydrogen-bond donors (Lipinski definition) is 2. The number of aromatic hydroxyl groups is 1. The van der Waals surface area contributed by atoms with Gasteiger partial charge >= 0.3 is 5.97 Å². The van der Waals surface area contributed by atoms with Crippen LogP contribution in [0.4, 0.5) is 8.78 Å². The second-order valence-corrected chi connectivity index (χ2v) is 6.06. The van der Waals surface area contributed by atoms with Gasteiger partial charge in [-0.1, -0.05) is 32.8 Å². The monoisotopic (exact) mass is 298 g/mol. The van der Waals surface area contributed by atoms with Gasteiger partial charge in [-0.25, -0.2) is 8.78 Å². The Morgan fingerprint density at radius 1 is 1.24 bits per heavy atom. The van der Waals surface area contributed by atoms with Crippen molar-refractivity contribution < 1.29 is 23.8 Å². The standard InChI is InChI=1S/C16H20F2O3/c1-9(2)10-7-11(14(17)18)13(19)12(8-10)16(15(20)21)5-3-4-6-16/h7-9,14,19H,3-6H2,1-2H3,(H,20,21). The fraction of sp³-hybridized carbons (Fsp3) is 0.562. The summed E-state index contributed by atoms with van der Waals surface area (Å²) < 4.78 is 26.3. The molecule has 0 bridgehead atoms. The molecule has 0 atom stereocenters. The first-order valence-electron chi connectivity index (χ1n) is 7.18. The van der Waals surface area contributed by atoms with Crippen LogP contribution in [0, 0.1) is 0 Å². The van der Waals surface area contributed by atoms with E-state index in [1.165, 1.54) is 6.07 Å². The molecule has 0 aliphatic heterocycles. The molecule has 1 saturated carbocycles. The fourth-order valence-corrected chi connectivity index (χ4v) is 3.12. The van der Waals surface area contributed by atoms with Crippen LogP contribution in [0.2, 0.25) is 0 Å². The number of aliphatic carboxylic acids is 1. The number of alkyl halides is 2. The Hall–Kier alpha value is -1.65. The van der Waals surface area contributed by atoms with Crippen molar-refractivity contribution in [3.05, 3.63) is 28.8 Å². The second-order valence-electron chi connectivity index (χ2n) is 6.06. The van der Waals surface area contributed by atoms with Crippen molar-refractivity contribution in [2.24, 2.45) is 0 Å². The summed E-state index contributed by atoms with van der Waals surface area (Å²) >= 11 is 0. The van der Waals surface area contributed by atoms with Crippen LogP contribution in [-0.2, 0) is 10.2 Å². The van der Waals surface area contributed by atoms with E-state index in [1.54, 1.807) is 6.07 Å². The molecular weight excluding hydrogens is 278 g/mol. The van der Waals surface area contributed by atoms with Crippen LogP contribution < -0.4 is 0 Å². The summed E-state index contributed by atoms with van der Waals surface area (Å²) in [6, 6.07) is 2.87. The van der Waals surface area contributed by atoms with Crippen molar-refractivity contribution in [3.8, 4) is 5.75 Å². The van der Waals surface area contributed by atoms with Crippen LogP contribution in [0.3, 0.4) is 0 Å². The minimum atomic E-state index is -2.82. The minimum absolute atomic E-state index is 0.0194. The molecule has 5 heteroatoms. The number of phenolic OH excluding ortho intramolecular Hbond substituents is 1. The summed E-state index contributed by atoms with van der Waals surface area (Å²) in [4.78, 5) is 11.7. The van der Waals surface area contributed by atoms with Gasteiger partial charge in [0.05, 0.1) is 11.0 Å². The lowest BCUT2D eigenvalue weighted by Crippen LogP contribution is -2.33. The Morgan fingerprint density at radius 3 is 2.24 bits per heavy atom. The van der Waals surface area contributed by atoms with E-state index in [4.69, 9.17) is 0 Å². The first-order valence-corrected chi connectivity index (χ1v) is 7.18. The van der Waals surface area contributed by atoms with E-state index in [2.05, 4.69) is 0 Å². The molecule has 1 aromatic rings. The van der Waals surface area contributed by atoms with Crippen molar-refractivity contribution in [2.45, 2.75) is 57.3 Å². The zero-order valence-electron chi connectivity index (χ0n) is 12.2. The molecule has 0 amide bonds. The number of halogens is 2. The SMILES string of the molecule is CC(C)c1cc(C(F)F)c(O)c(C2(C(=O)O)CCCC2)c1. The molecule has 0 aromatic heterocycles. The summed E-state index contributed by atoms with van der Waals surface area (Å²) in [5, 5.41) is 19.8. The minimum Gasteiger partial charge on any atom is -0.507 e. The highest BCUT2D eigenvalue weighted by atomic mass is 19.3. The normalized spacial score (nSPS) is 17.6. The Balaban J connectivity index is 2.69. The number of phenols is 1. The highest BCUT2D eigenvalue weighted by Crippen LogP contribution is 2.48. The Bertz CT molecular complexity index is 547. The quantitative estimate of drug-likeness (QED) is 0.868. The molecule has 0 saturated heterocycles. The molecule has 2 rings (SSSR count). The number of benzene rings is 1. The Morgan fingerprint density at radius 2 is 1.81 bits per heavy atom. The third-order valence-corrected chi connectivity index (χ3v) is 4.45. The maximum absolute atomic E-state index is 13.2. The Labute approximate surface area is 122 Å². The van der Waals surface area contributed by atoms with E-state index in [-0.39, 0.29) is 11.5 Å². The maximum Gasteiger partial charge on any atom is 0.314 e. The van der Waals surface area contributed by atoms with Gasteiger partial charge in [0.25, 0.3) is 6.43 Å². The first kappa shape index (κ1) is 15.7.